The molecule has 1 unspecified atom stereocenters. The molecule has 0 aromatic carbocycles. The van der Waals surface area contributed by atoms with Gasteiger partial charge in [-0.3, -0.25) is 0 Å². The fourth-order valence-electron chi connectivity index (χ4n) is 1.09. The van der Waals surface area contributed by atoms with Crippen molar-refractivity contribution in [3.8, 4) is 12.3 Å². The fourth-order valence-corrected chi connectivity index (χ4v) is 1.09. The molecule has 0 rings (SSSR count). The summed E-state index contributed by atoms with van der Waals surface area (Å²) in [5.41, 5.74) is 0. The smallest absolute Gasteiger partial charge is 0.114 e. The lowest BCUT2D eigenvalue weighted by Gasteiger charge is -1.98. The molecule has 0 bridgehead atoms. The normalized spacial score (nSPS) is 13.0. The van der Waals surface area contributed by atoms with Gasteiger partial charge in [0.15, 0.2) is 0 Å². The average molecular weight is 180 g/mol. The van der Waals surface area contributed by atoms with Crippen LogP contribution in [0.25, 0.3) is 0 Å². The van der Waals surface area contributed by atoms with E-state index in [1.165, 1.54) is 19.3 Å². The first-order valence-electron chi connectivity index (χ1n) is 5.10. The molecule has 13 heavy (non-hydrogen) atoms. The van der Waals surface area contributed by atoms with Crippen LogP contribution in [0, 0.1) is 12.3 Å². The van der Waals surface area contributed by atoms with E-state index in [9.17, 15) is 0 Å². The summed E-state index contributed by atoms with van der Waals surface area (Å²) in [6.07, 6.45) is 15.3. The maximum atomic E-state index is 9.03. The van der Waals surface area contributed by atoms with Gasteiger partial charge in [0.05, 0.1) is 0 Å². The van der Waals surface area contributed by atoms with E-state index >= 15 is 0 Å². The van der Waals surface area contributed by atoms with Crippen molar-refractivity contribution in [3.05, 3.63) is 12.2 Å². The second kappa shape index (κ2) is 9.35. The van der Waals surface area contributed by atoms with Crippen LogP contribution in [0.4, 0.5) is 0 Å². The molecule has 0 radical (unpaired) electrons. The van der Waals surface area contributed by atoms with Crippen molar-refractivity contribution < 1.29 is 5.11 Å². The molecule has 0 aliphatic heterocycles. The number of allylic oxidation sites excluding steroid dienone is 2. The van der Waals surface area contributed by atoms with E-state index in [1.807, 2.05) is 0 Å². The molecule has 1 heteroatoms. The minimum Gasteiger partial charge on any atom is -0.380 e. The van der Waals surface area contributed by atoms with Crippen molar-refractivity contribution in [3.63, 3.8) is 0 Å². The van der Waals surface area contributed by atoms with Crippen LogP contribution in [0.3, 0.4) is 0 Å². The first-order chi connectivity index (χ1) is 6.31. The number of terminal acetylenes is 1. The van der Waals surface area contributed by atoms with E-state index in [0.717, 1.165) is 12.8 Å². The Bertz CT molecular complexity index is 164. The second-order valence-electron chi connectivity index (χ2n) is 3.23. The molecule has 1 nitrogen and oxygen atoms in total. The molecular formula is C12H20O. The van der Waals surface area contributed by atoms with Gasteiger partial charge in [-0.05, 0) is 25.7 Å². The van der Waals surface area contributed by atoms with Crippen LogP contribution in [-0.4, -0.2) is 11.2 Å². The topological polar surface area (TPSA) is 20.2 Å². The highest BCUT2D eigenvalue weighted by atomic mass is 16.3. The molecule has 0 fully saturated rings. The lowest BCUT2D eigenvalue weighted by molar-refractivity contribution is 0.223. The third-order valence-corrected chi connectivity index (χ3v) is 1.94. The molecule has 0 aromatic heterocycles. The van der Waals surface area contributed by atoms with Crippen molar-refractivity contribution >= 4 is 0 Å². The number of rotatable bonds is 7. The van der Waals surface area contributed by atoms with Gasteiger partial charge in [-0.1, -0.05) is 37.8 Å². The monoisotopic (exact) mass is 180 g/mol. The largest absolute Gasteiger partial charge is 0.380 e. The van der Waals surface area contributed by atoms with Gasteiger partial charge in [0.1, 0.15) is 6.10 Å². The summed E-state index contributed by atoms with van der Waals surface area (Å²) in [7, 11) is 0. The summed E-state index contributed by atoms with van der Waals surface area (Å²) in [6.45, 7) is 2.20. The van der Waals surface area contributed by atoms with Crippen LogP contribution in [0.1, 0.15) is 45.4 Å². The van der Waals surface area contributed by atoms with E-state index in [4.69, 9.17) is 11.5 Å². The van der Waals surface area contributed by atoms with Crippen LogP contribution in [-0.2, 0) is 0 Å². The van der Waals surface area contributed by atoms with Crippen molar-refractivity contribution in [2.45, 2.75) is 51.6 Å². The third kappa shape index (κ3) is 9.17. The molecule has 0 saturated carbocycles. The van der Waals surface area contributed by atoms with Gasteiger partial charge >= 0.3 is 0 Å². The molecule has 1 atom stereocenters. The van der Waals surface area contributed by atoms with Gasteiger partial charge in [0.25, 0.3) is 0 Å². The minimum absolute atomic E-state index is 0.569. The average Bonchev–Trinajstić information content (AvgIpc) is 2.16. The zero-order valence-electron chi connectivity index (χ0n) is 8.50. The highest BCUT2D eigenvalue weighted by Crippen LogP contribution is 2.02. The maximum absolute atomic E-state index is 9.03. The number of hydrogen-bond donors (Lipinski definition) is 1. The standard InChI is InChI=1S/C12H20O/c1-3-5-6-7-8-9-10-11-12(13)4-2/h2,8-9,12-13H,3,5-7,10-11H2,1H3/b9-8+. The van der Waals surface area contributed by atoms with Crippen LogP contribution in [0.15, 0.2) is 12.2 Å². The Labute approximate surface area is 81.9 Å². The summed E-state index contributed by atoms with van der Waals surface area (Å²) < 4.78 is 0. The molecule has 0 heterocycles. The minimum atomic E-state index is -0.569. The first-order valence-corrected chi connectivity index (χ1v) is 5.10. The summed E-state index contributed by atoms with van der Waals surface area (Å²) in [4.78, 5) is 0. The Kier molecular flexibility index (Phi) is 8.82. The van der Waals surface area contributed by atoms with Crippen molar-refractivity contribution in [1.82, 2.24) is 0 Å². The van der Waals surface area contributed by atoms with E-state index in [-0.39, 0.29) is 0 Å². The zero-order valence-corrected chi connectivity index (χ0v) is 8.50. The third-order valence-electron chi connectivity index (χ3n) is 1.94. The molecule has 74 valence electrons. The summed E-state index contributed by atoms with van der Waals surface area (Å²) in [6, 6.07) is 0. The maximum Gasteiger partial charge on any atom is 0.114 e. The highest BCUT2D eigenvalue weighted by Gasteiger charge is 1.94. The Hall–Kier alpha value is -0.740. The molecule has 0 aromatic rings. The lowest BCUT2D eigenvalue weighted by Crippen LogP contribution is -2.00. The molecule has 1 N–H and O–H groups in total. The Balaban J connectivity index is 3.18. The highest BCUT2D eigenvalue weighted by molar-refractivity contribution is 4.94. The van der Waals surface area contributed by atoms with Crippen molar-refractivity contribution in [2.75, 3.05) is 0 Å². The van der Waals surface area contributed by atoms with Crippen LogP contribution >= 0.6 is 0 Å². The lowest BCUT2D eigenvalue weighted by atomic mass is 10.1. The van der Waals surface area contributed by atoms with E-state index < -0.39 is 6.10 Å². The fraction of sp³-hybridized carbons (Fsp3) is 0.667. The quantitative estimate of drug-likeness (QED) is 0.363. The first kappa shape index (κ1) is 12.3. The SMILES string of the molecule is C#CC(O)CC/C=C/CCCCC. The van der Waals surface area contributed by atoms with Crippen molar-refractivity contribution in [1.29, 1.82) is 0 Å². The van der Waals surface area contributed by atoms with E-state index in [1.54, 1.807) is 0 Å². The summed E-state index contributed by atoms with van der Waals surface area (Å²) in [5, 5.41) is 9.03. The van der Waals surface area contributed by atoms with E-state index in [0.29, 0.717) is 6.42 Å². The van der Waals surface area contributed by atoms with Gasteiger partial charge in [-0.15, -0.1) is 6.42 Å². The van der Waals surface area contributed by atoms with Crippen LogP contribution in [0.2, 0.25) is 0 Å². The predicted octanol–water partition coefficient (Wildman–Crippen LogP) is 2.90. The number of aliphatic hydroxyl groups excluding tert-OH is 1. The Morgan fingerprint density at radius 2 is 2.00 bits per heavy atom. The van der Waals surface area contributed by atoms with Gasteiger partial charge in [0.2, 0.25) is 0 Å². The predicted molar refractivity (Wildman–Crippen MR) is 57.4 cm³/mol. The molecule has 0 amide bonds. The molecule has 0 aliphatic carbocycles. The van der Waals surface area contributed by atoms with Gasteiger partial charge in [0, 0.05) is 0 Å². The molecule has 0 saturated heterocycles. The van der Waals surface area contributed by atoms with Crippen LogP contribution < -0.4 is 0 Å². The second-order valence-corrected chi connectivity index (χ2v) is 3.23. The van der Waals surface area contributed by atoms with Gasteiger partial charge < -0.3 is 5.11 Å². The Morgan fingerprint density at radius 1 is 1.31 bits per heavy atom. The number of unbranched alkanes of at least 4 members (excludes halogenated alkanes) is 3. The van der Waals surface area contributed by atoms with E-state index in [2.05, 4.69) is 25.0 Å². The summed E-state index contributed by atoms with van der Waals surface area (Å²) >= 11 is 0. The molecular weight excluding hydrogens is 160 g/mol. The number of hydrogen-bond acceptors (Lipinski definition) is 1. The molecule has 0 aliphatic rings. The number of aliphatic hydroxyl groups is 1. The summed E-state index contributed by atoms with van der Waals surface area (Å²) in [5.74, 6) is 2.30. The zero-order chi connectivity index (χ0) is 9.94. The Morgan fingerprint density at radius 3 is 2.62 bits per heavy atom. The molecule has 0 spiro atoms. The van der Waals surface area contributed by atoms with Gasteiger partial charge in [-0.25, -0.2) is 0 Å². The van der Waals surface area contributed by atoms with Crippen molar-refractivity contribution in [2.24, 2.45) is 0 Å². The van der Waals surface area contributed by atoms with Crippen LogP contribution in [0.5, 0.6) is 0 Å². The van der Waals surface area contributed by atoms with Gasteiger partial charge in [-0.2, -0.15) is 0 Å².